The summed E-state index contributed by atoms with van der Waals surface area (Å²) in [6.45, 7) is 2.91. The van der Waals surface area contributed by atoms with E-state index < -0.39 is 0 Å². The highest BCUT2D eigenvalue weighted by Gasteiger charge is 2.17. The van der Waals surface area contributed by atoms with Gasteiger partial charge >= 0.3 is 0 Å². The summed E-state index contributed by atoms with van der Waals surface area (Å²) in [6, 6.07) is 17.6. The summed E-state index contributed by atoms with van der Waals surface area (Å²) in [5, 5.41) is 10.8. The first-order valence-electron chi connectivity index (χ1n) is 10.2. The van der Waals surface area contributed by atoms with Gasteiger partial charge in [-0.05, 0) is 48.9 Å². The van der Waals surface area contributed by atoms with E-state index >= 15 is 0 Å². The second-order valence-corrected chi connectivity index (χ2v) is 8.62. The number of carbonyl (C=O) groups excluding carboxylic acids is 2. The van der Waals surface area contributed by atoms with Crippen molar-refractivity contribution in [2.24, 2.45) is 0 Å². The van der Waals surface area contributed by atoms with Gasteiger partial charge in [-0.25, -0.2) is 0 Å². The maximum atomic E-state index is 12.9. The van der Waals surface area contributed by atoms with Crippen LogP contribution in [0, 0.1) is 6.92 Å². The molecule has 0 aliphatic carbocycles. The van der Waals surface area contributed by atoms with E-state index in [1.54, 1.807) is 53.3 Å². The number of nitrogens with one attached hydrogen (secondary N) is 2. The molecule has 0 fully saturated rings. The minimum atomic E-state index is -0.325. The van der Waals surface area contributed by atoms with E-state index in [1.807, 2.05) is 31.3 Å². The quantitative estimate of drug-likeness (QED) is 0.349. The summed E-state index contributed by atoms with van der Waals surface area (Å²) in [7, 11) is 0. The molecule has 0 unspecified atom stereocenters. The number of nitrogens with zero attached hydrogens (tertiary/aromatic N) is 2. The maximum absolute atomic E-state index is 12.9. The Balaban J connectivity index is 1.38. The Morgan fingerprint density at radius 3 is 2.70 bits per heavy atom. The van der Waals surface area contributed by atoms with Crippen molar-refractivity contribution in [1.82, 2.24) is 9.78 Å². The Hall–Kier alpha value is -3.62. The van der Waals surface area contributed by atoms with Crippen molar-refractivity contribution in [3.05, 3.63) is 94.1 Å². The van der Waals surface area contributed by atoms with Gasteiger partial charge in [0.1, 0.15) is 12.4 Å². The van der Waals surface area contributed by atoms with Gasteiger partial charge in [0.05, 0.1) is 27.0 Å². The lowest BCUT2D eigenvalue weighted by molar-refractivity contribution is 0.102. The maximum Gasteiger partial charge on any atom is 0.266 e. The van der Waals surface area contributed by atoms with Crippen LogP contribution >= 0.6 is 22.9 Å². The first-order chi connectivity index (χ1) is 16.0. The largest absolute Gasteiger partial charge is 0.492 e. The van der Waals surface area contributed by atoms with E-state index in [0.717, 1.165) is 5.56 Å². The Morgan fingerprint density at radius 2 is 1.91 bits per heavy atom. The minimum Gasteiger partial charge on any atom is -0.492 e. The van der Waals surface area contributed by atoms with Crippen LogP contribution < -0.4 is 15.4 Å². The number of hydrogen-bond donors (Lipinski definition) is 2. The second kappa shape index (κ2) is 10.3. The fraction of sp³-hybridized carbons (Fsp3) is 0.125. The predicted molar refractivity (Wildman–Crippen MR) is 131 cm³/mol. The van der Waals surface area contributed by atoms with E-state index in [-0.39, 0.29) is 11.8 Å². The molecule has 2 aromatic heterocycles. The standard InChI is InChI=1S/C24H21ClN4O3S/c1-16-14-21(28-23(30)19-8-2-3-9-20(19)25)33-22(16)24(31)27-17-6-4-7-18(15-17)32-13-12-29-11-5-10-26-29/h2-11,14-15H,12-13H2,1H3,(H,27,31)(H,28,30). The molecule has 0 saturated heterocycles. The van der Waals surface area contributed by atoms with Crippen LogP contribution in [0.2, 0.25) is 5.02 Å². The van der Waals surface area contributed by atoms with E-state index in [2.05, 4.69) is 15.7 Å². The molecule has 7 nitrogen and oxygen atoms in total. The third-order valence-electron chi connectivity index (χ3n) is 4.72. The Morgan fingerprint density at radius 1 is 1.06 bits per heavy atom. The first-order valence-corrected chi connectivity index (χ1v) is 11.4. The molecule has 0 atom stereocenters. The number of aryl methyl sites for hydroxylation is 1. The lowest BCUT2D eigenvalue weighted by atomic mass is 10.2. The lowest BCUT2D eigenvalue weighted by Gasteiger charge is -2.09. The topological polar surface area (TPSA) is 85.3 Å². The molecule has 4 aromatic rings. The summed E-state index contributed by atoms with van der Waals surface area (Å²) in [5.74, 6) is 0.0637. The van der Waals surface area contributed by atoms with E-state index in [4.69, 9.17) is 16.3 Å². The summed E-state index contributed by atoms with van der Waals surface area (Å²) >= 11 is 7.30. The Bertz CT molecular complexity index is 1270. The molecule has 9 heteroatoms. The Kier molecular flexibility index (Phi) is 7.07. The molecule has 168 valence electrons. The molecule has 2 aromatic carbocycles. The van der Waals surface area contributed by atoms with Crippen LogP contribution in [-0.2, 0) is 6.54 Å². The monoisotopic (exact) mass is 480 g/mol. The molecule has 4 rings (SSSR count). The zero-order valence-corrected chi connectivity index (χ0v) is 19.3. The van der Waals surface area contributed by atoms with Gasteiger partial charge in [-0.2, -0.15) is 5.10 Å². The van der Waals surface area contributed by atoms with Crippen LogP contribution in [0.15, 0.2) is 73.1 Å². The predicted octanol–water partition coefficient (Wildman–Crippen LogP) is 5.49. The zero-order chi connectivity index (χ0) is 23.2. The molecule has 33 heavy (non-hydrogen) atoms. The highest BCUT2D eigenvalue weighted by molar-refractivity contribution is 7.18. The number of amides is 2. The number of carbonyl (C=O) groups is 2. The van der Waals surface area contributed by atoms with Crippen molar-refractivity contribution < 1.29 is 14.3 Å². The van der Waals surface area contributed by atoms with E-state index in [9.17, 15) is 9.59 Å². The fourth-order valence-corrected chi connectivity index (χ4v) is 4.32. The van der Waals surface area contributed by atoms with Gasteiger partial charge in [0, 0.05) is 24.1 Å². The minimum absolute atomic E-state index is 0.260. The molecule has 0 aliphatic heterocycles. The van der Waals surface area contributed by atoms with Crippen molar-refractivity contribution in [3.8, 4) is 5.75 Å². The molecule has 0 radical (unpaired) electrons. The van der Waals surface area contributed by atoms with Crippen molar-refractivity contribution in [2.45, 2.75) is 13.5 Å². The van der Waals surface area contributed by atoms with Crippen LogP contribution in [0.1, 0.15) is 25.6 Å². The molecular weight excluding hydrogens is 460 g/mol. The fourth-order valence-electron chi connectivity index (χ4n) is 3.13. The molecule has 0 aliphatic rings. The molecule has 2 N–H and O–H groups in total. The third-order valence-corrected chi connectivity index (χ3v) is 6.20. The van der Waals surface area contributed by atoms with Crippen molar-refractivity contribution in [1.29, 1.82) is 0 Å². The van der Waals surface area contributed by atoms with Gasteiger partial charge in [0.15, 0.2) is 0 Å². The molecule has 2 heterocycles. The summed E-state index contributed by atoms with van der Waals surface area (Å²) < 4.78 is 7.55. The molecule has 0 bridgehead atoms. The highest BCUT2D eigenvalue weighted by atomic mass is 35.5. The average molecular weight is 481 g/mol. The highest BCUT2D eigenvalue weighted by Crippen LogP contribution is 2.29. The zero-order valence-electron chi connectivity index (χ0n) is 17.7. The number of anilines is 2. The third kappa shape index (κ3) is 5.79. The van der Waals surface area contributed by atoms with E-state index in [1.165, 1.54) is 11.3 Å². The van der Waals surface area contributed by atoms with Crippen LogP contribution in [0.5, 0.6) is 5.75 Å². The van der Waals surface area contributed by atoms with Crippen LogP contribution in [-0.4, -0.2) is 28.2 Å². The number of ether oxygens (including phenoxy) is 1. The number of halogens is 1. The van der Waals surface area contributed by atoms with Crippen LogP contribution in [0.3, 0.4) is 0 Å². The summed E-state index contributed by atoms with van der Waals surface area (Å²) in [4.78, 5) is 25.9. The van der Waals surface area contributed by atoms with Crippen LogP contribution in [0.4, 0.5) is 10.7 Å². The summed E-state index contributed by atoms with van der Waals surface area (Å²) in [5.41, 5.74) is 1.75. The van der Waals surface area contributed by atoms with Crippen LogP contribution in [0.25, 0.3) is 0 Å². The van der Waals surface area contributed by atoms with Crippen molar-refractivity contribution in [2.75, 3.05) is 17.2 Å². The first kappa shape index (κ1) is 22.6. The number of thiophene rings is 1. The van der Waals surface area contributed by atoms with Crippen molar-refractivity contribution in [3.63, 3.8) is 0 Å². The van der Waals surface area contributed by atoms with Crippen molar-refractivity contribution >= 4 is 45.4 Å². The van der Waals surface area contributed by atoms with Gasteiger partial charge in [-0.1, -0.05) is 29.8 Å². The molecule has 2 amide bonds. The lowest BCUT2D eigenvalue weighted by Crippen LogP contribution is -2.12. The molecule has 0 saturated carbocycles. The number of rotatable bonds is 8. The number of hydrogen-bond acceptors (Lipinski definition) is 5. The average Bonchev–Trinajstić information content (AvgIpc) is 3.44. The normalized spacial score (nSPS) is 10.6. The van der Waals surface area contributed by atoms with Gasteiger partial charge in [-0.15, -0.1) is 11.3 Å². The Labute approximate surface area is 200 Å². The van der Waals surface area contributed by atoms with E-state index in [0.29, 0.717) is 45.1 Å². The van der Waals surface area contributed by atoms with Gasteiger partial charge in [-0.3, -0.25) is 14.3 Å². The number of aromatic nitrogens is 2. The van der Waals surface area contributed by atoms with Gasteiger partial charge in [0.25, 0.3) is 11.8 Å². The number of benzene rings is 2. The summed E-state index contributed by atoms with van der Waals surface area (Å²) in [6.07, 6.45) is 3.59. The smallest absolute Gasteiger partial charge is 0.266 e. The van der Waals surface area contributed by atoms with Gasteiger partial charge in [0.2, 0.25) is 0 Å². The second-order valence-electron chi connectivity index (χ2n) is 7.16. The SMILES string of the molecule is Cc1cc(NC(=O)c2ccccc2Cl)sc1C(=O)Nc1cccc(OCCn2cccn2)c1. The van der Waals surface area contributed by atoms with Gasteiger partial charge < -0.3 is 15.4 Å². The molecule has 0 spiro atoms. The molecular formula is C24H21ClN4O3S.